The van der Waals surface area contributed by atoms with Gasteiger partial charge in [-0.25, -0.2) is 4.39 Å². The highest BCUT2D eigenvalue weighted by Crippen LogP contribution is 2.32. The number of aliphatic hydroxyl groups is 1. The Labute approximate surface area is 97.6 Å². The lowest BCUT2D eigenvalue weighted by molar-refractivity contribution is 0.0686. The molecule has 1 aliphatic heterocycles. The van der Waals surface area contributed by atoms with Crippen molar-refractivity contribution in [3.8, 4) is 0 Å². The molecule has 82 valence electrons. The molecule has 1 aromatic rings. The lowest BCUT2D eigenvalue weighted by Crippen LogP contribution is -2.30. The molecule has 15 heavy (non-hydrogen) atoms. The van der Waals surface area contributed by atoms with Crippen molar-refractivity contribution < 1.29 is 9.50 Å². The summed E-state index contributed by atoms with van der Waals surface area (Å²) in [7, 11) is 0. The topological polar surface area (TPSA) is 20.2 Å². The van der Waals surface area contributed by atoms with Crippen LogP contribution in [0.4, 0.5) is 4.39 Å². The second-order valence-electron chi connectivity index (χ2n) is 3.94. The lowest BCUT2D eigenvalue weighted by Gasteiger charge is -2.21. The van der Waals surface area contributed by atoms with Gasteiger partial charge in [-0.15, -0.1) is 0 Å². The maximum atomic E-state index is 13.0. The van der Waals surface area contributed by atoms with Crippen molar-refractivity contribution in [2.45, 2.75) is 18.4 Å². The molecule has 1 aliphatic rings. The highest BCUT2D eigenvalue weighted by atomic mass is 35.5. The quantitative estimate of drug-likeness (QED) is 0.866. The summed E-state index contributed by atoms with van der Waals surface area (Å²) in [4.78, 5) is 0. The summed E-state index contributed by atoms with van der Waals surface area (Å²) < 4.78 is 13.0. The normalized spacial score (nSPS) is 25.8. The molecule has 1 N–H and O–H groups in total. The molecule has 0 saturated carbocycles. The third-order valence-corrected chi connectivity index (χ3v) is 4.21. The van der Waals surface area contributed by atoms with Crippen LogP contribution in [-0.2, 0) is 6.42 Å². The first kappa shape index (κ1) is 11.2. The Morgan fingerprint density at radius 1 is 1.53 bits per heavy atom. The second kappa shape index (κ2) is 4.32. The molecular weight excluding hydrogens is 235 g/mol. The van der Waals surface area contributed by atoms with Crippen molar-refractivity contribution in [2.75, 3.05) is 11.5 Å². The van der Waals surface area contributed by atoms with E-state index in [0.717, 1.165) is 12.2 Å². The summed E-state index contributed by atoms with van der Waals surface area (Å²) in [5, 5.41) is 10.7. The van der Waals surface area contributed by atoms with Gasteiger partial charge in [-0.1, -0.05) is 11.6 Å². The van der Waals surface area contributed by atoms with Crippen LogP contribution >= 0.6 is 23.4 Å². The van der Waals surface area contributed by atoms with E-state index < -0.39 is 5.60 Å². The number of hydrogen-bond acceptors (Lipinski definition) is 2. The molecule has 1 atom stereocenters. The molecule has 0 radical (unpaired) electrons. The maximum Gasteiger partial charge on any atom is 0.123 e. The van der Waals surface area contributed by atoms with Crippen molar-refractivity contribution in [3.05, 3.63) is 34.6 Å². The first-order valence-corrected chi connectivity index (χ1v) is 6.36. The van der Waals surface area contributed by atoms with Crippen LogP contribution in [0.3, 0.4) is 0 Å². The molecule has 0 aliphatic carbocycles. The van der Waals surface area contributed by atoms with E-state index in [-0.39, 0.29) is 5.82 Å². The zero-order chi connectivity index (χ0) is 10.9. The van der Waals surface area contributed by atoms with Gasteiger partial charge in [0.25, 0.3) is 0 Å². The minimum absolute atomic E-state index is 0.302. The molecule has 1 fully saturated rings. The predicted molar refractivity (Wildman–Crippen MR) is 62.0 cm³/mol. The van der Waals surface area contributed by atoms with E-state index in [1.807, 2.05) is 0 Å². The summed E-state index contributed by atoms with van der Waals surface area (Å²) >= 11 is 7.68. The van der Waals surface area contributed by atoms with E-state index in [1.54, 1.807) is 11.8 Å². The average Bonchev–Trinajstić information content (AvgIpc) is 2.59. The monoisotopic (exact) mass is 246 g/mol. The standard InChI is InChI=1S/C11H12ClFOS/c12-10-2-1-9(13)5-8(10)6-11(14)3-4-15-7-11/h1-2,5,14H,3-4,6-7H2. The SMILES string of the molecule is OC1(Cc2cc(F)ccc2Cl)CCSC1. The van der Waals surface area contributed by atoms with E-state index in [0.29, 0.717) is 22.8 Å². The van der Waals surface area contributed by atoms with Gasteiger partial charge >= 0.3 is 0 Å². The second-order valence-corrected chi connectivity index (χ2v) is 5.45. The Kier molecular flexibility index (Phi) is 3.24. The van der Waals surface area contributed by atoms with Gasteiger partial charge in [-0.2, -0.15) is 11.8 Å². The molecule has 1 nitrogen and oxygen atoms in total. The van der Waals surface area contributed by atoms with Crippen molar-refractivity contribution >= 4 is 23.4 Å². The molecule has 0 spiro atoms. The van der Waals surface area contributed by atoms with Crippen LogP contribution in [0.25, 0.3) is 0 Å². The molecule has 2 rings (SSSR count). The van der Waals surface area contributed by atoms with Crippen molar-refractivity contribution in [3.63, 3.8) is 0 Å². The van der Waals surface area contributed by atoms with E-state index in [4.69, 9.17) is 11.6 Å². The van der Waals surface area contributed by atoms with Crippen LogP contribution in [0.5, 0.6) is 0 Å². The largest absolute Gasteiger partial charge is 0.389 e. The number of hydrogen-bond donors (Lipinski definition) is 1. The molecule has 4 heteroatoms. The Morgan fingerprint density at radius 3 is 3.00 bits per heavy atom. The number of thioether (sulfide) groups is 1. The van der Waals surface area contributed by atoms with Crippen LogP contribution in [-0.4, -0.2) is 22.2 Å². The summed E-state index contributed by atoms with van der Waals surface area (Å²) in [6.45, 7) is 0. The van der Waals surface area contributed by atoms with Crippen molar-refractivity contribution in [1.29, 1.82) is 0 Å². The van der Waals surface area contributed by atoms with Crippen LogP contribution < -0.4 is 0 Å². The van der Waals surface area contributed by atoms with Gasteiger partial charge in [0, 0.05) is 17.2 Å². The molecule has 1 saturated heterocycles. The summed E-state index contributed by atoms with van der Waals surface area (Å²) in [5.41, 5.74) is -0.0103. The number of rotatable bonds is 2. The van der Waals surface area contributed by atoms with Crippen LogP contribution in [0.15, 0.2) is 18.2 Å². The highest BCUT2D eigenvalue weighted by Gasteiger charge is 2.32. The number of halogens is 2. The minimum atomic E-state index is -0.706. The van der Waals surface area contributed by atoms with E-state index in [2.05, 4.69) is 0 Å². The lowest BCUT2D eigenvalue weighted by atomic mass is 9.94. The molecule has 1 unspecified atom stereocenters. The zero-order valence-corrected chi connectivity index (χ0v) is 9.74. The molecule has 0 amide bonds. The summed E-state index contributed by atoms with van der Waals surface area (Å²) in [5.74, 6) is 1.37. The van der Waals surface area contributed by atoms with Gasteiger partial charge < -0.3 is 5.11 Å². The molecule has 0 bridgehead atoms. The third-order valence-electron chi connectivity index (χ3n) is 2.61. The minimum Gasteiger partial charge on any atom is -0.389 e. The maximum absolute atomic E-state index is 13.0. The van der Waals surface area contributed by atoms with E-state index in [9.17, 15) is 9.50 Å². The van der Waals surface area contributed by atoms with Crippen LogP contribution in [0.2, 0.25) is 5.02 Å². The Hall–Kier alpha value is -0.250. The number of benzene rings is 1. The molecule has 1 aromatic carbocycles. The predicted octanol–water partition coefficient (Wildman–Crippen LogP) is 2.89. The molecule has 0 aromatic heterocycles. The third kappa shape index (κ3) is 2.65. The van der Waals surface area contributed by atoms with Gasteiger partial charge in [0.05, 0.1) is 5.60 Å². The van der Waals surface area contributed by atoms with Crippen LogP contribution in [0.1, 0.15) is 12.0 Å². The molecule has 1 heterocycles. The van der Waals surface area contributed by atoms with Gasteiger partial charge in [0.2, 0.25) is 0 Å². The van der Waals surface area contributed by atoms with E-state index >= 15 is 0 Å². The Bertz CT molecular complexity index is 364. The van der Waals surface area contributed by atoms with Gasteiger partial charge in [-0.3, -0.25) is 0 Å². The zero-order valence-electron chi connectivity index (χ0n) is 8.17. The van der Waals surface area contributed by atoms with Crippen LogP contribution in [0, 0.1) is 5.82 Å². The Balaban J connectivity index is 2.19. The first-order valence-electron chi connectivity index (χ1n) is 4.83. The van der Waals surface area contributed by atoms with Gasteiger partial charge in [-0.05, 0) is 35.9 Å². The summed E-state index contributed by atoms with van der Waals surface area (Å²) in [6.07, 6.45) is 1.20. The van der Waals surface area contributed by atoms with Gasteiger partial charge in [0.15, 0.2) is 0 Å². The van der Waals surface area contributed by atoms with Gasteiger partial charge in [0.1, 0.15) is 5.82 Å². The fraction of sp³-hybridized carbons (Fsp3) is 0.455. The smallest absolute Gasteiger partial charge is 0.123 e. The Morgan fingerprint density at radius 2 is 2.33 bits per heavy atom. The average molecular weight is 247 g/mol. The fourth-order valence-electron chi connectivity index (χ4n) is 1.77. The first-order chi connectivity index (χ1) is 7.09. The van der Waals surface area contributed by atoms with E-state index in [1.165, 1.54) is 18.2 Å². The van der Waals surface area contributed by atoms with Crippen molar-refractivity contribution in [2.24, 2.45) is 0 Å². The highest BCUT2D eigenvalue weighted by molar-refractivity contribution is 7.99. The van der Waals surface area contributed by atoms with Crippen molar-refractivity contribution in [1.82, 2.24) is 0 Å². The molecular formula is C11H12ClFOS. The summed E-state index contributed by atoms with van der Waals surface area (Å²) in [6, 6.07) is 4.28. The fourth-order valence-corrected chi connectivity index (χ4v) is 3.25.